The Morgan fingerprint density at radius 3 is 2.53 bits per heavy atom. The third-order valence-electron chi connectivity index (χ3n) is 3.51. The van der Waals surface area contributed by atoms with E-state index in [9.17, 15) is 4.79 Å². The minimum atomic E-state index is 0.0239. The second kappa shape index (κ2) is 7.54. The third-order valence-corrected chi connectivity index (χ3v) is 3.75. The fourth-order valence-corrected chi connectivity index (χ4v) is 2.04. The lowest BCUT2D eigenvalue weighted by atomic mass is 9.96. The first kappa shape index (κ1) is 16.0. The predicted molar refractivity (Wildman–Crippen MR) is 82.7 cm³/mol. The summed E-state index contributed by atoms with van der Waals surface area (Å²) in [4.78, 5) is 14.5. The Hall–Kier alpha value is -1.02. The van der Waals surface area contributed by atoms with E-state index in [1.165, 1.54) is 0 Å². The number of halogens is 1. The van der Waals surface area contributed by atoms with Crippen LogP contribution in [0.3, 0.4) is 0 Å². The van der Waals surface area contributed by atoms with Crippen molar-refractivity contribution in [3.63, 3.8) is 0 Å². The molecule has 0 fully saturated rings. The fraction of sp³-hybridized carbons (Fsp3) is 0.562. The van der Waals surface area contributed by atoms with Crippen LogP contribution in [0.5, 0.6) is 0 Å². The molecule has 1 atom stereocenters. The average Bonchev–Trinajstić information content (AvgIpc) is 2.38. The largest absolute Gasteiger partial charge is 0.312 e. The number of hydrogen-bond acceptors (Lipinski definition) is 1. The molecule has 1 amide bonds. The highest BCUT2D eigenvalue weighted by molar-refractivity contribution is 6.30. The normalized spacial score (nSPS) is 12.5. The number of carbonyl (C=O) groups excluding carboxylic acids is 1. The molecule has 1 rings (SSSR count). The summed E-state index contributed by atoms with van der Waals surface area (Å²) >= 11 is 6.03. The smallest absolute Gasteiger partial charge is 0.230 e. The van der Waals surface area contributed by atoms with Gasteiger partial charge in [0.1, 0.15) is 0 Å². The number of carbonyl (C=O) groups is 1. The van der Waals surface area contributed by atoms with Gasteiger partial charge in [0.05, 0.1) is 0 Å². The Bertz CT molecular complexity index is 417. The zero-order valence-electron chi connectivity index (χ0n) is 12.3. The van der Waals surface area contributed by atoms with Crippen molar-refractivity contribution in [2.75, 3.05) is 11.4 Å². The predicted octanol–water partition coefficient (Wildman–Crippen LogP) is 4.77. The van der Waals surface area contributed by atoms with E-state index >= 15 is 0 Å². The van der Waals surface area contributed by atoms with Gasteiger partial charge in [0.15, 0.2) is 0 Å². The molecular weight excluding hydrogens is 258 g/mol. The van der Waals surface area contributed by atoms with Crippen molar-refractivity contribution < 1.29 is 4.79 Å². The molecule has 0 aliphatic heterocycles. The maximum absolute atomic E-state index is 12.6. The van der Waals surface area contributed by atoms with Gasteiger partial charge in [-0.25, -0.2) is 0 Å². The van der Waals surface area contributed by atoms with Crippen LogP contribution in [0.15, 0.2) is 24.3 Å². The molecule has 0 heterocycles. The molecule has 0 N–H and O–H groups in total. The minimum Gasteiger partial charge on any atom is -0.312 e. The zero-order chi connectivity index (χ0) is 14.4. The van der Waals surface area contributed by atoms with Crippen LogP contribution in [0.2, 0.25) is 5.02 Å². The highest BCUT2D eigenvalue weighted by Crippen LogP contribution is 2.23. The van der Waals surface area contributed by atoms with Crippen LogP contribution in [0.1, 0.15) is 40.5 Å². The van der Waals surface area contributed by atoms with E-state index in [0.29, 0.717) is 10.9 Å². The monoisotopic (exact) mass is 281 g/mol. The topological polar surface area (TPSA) is 20.3 Å². The van der Waals surface area contributed by atoms with Gasteiger partial charge < -0.3 is 4.90 Å². The lowest BCUT2D eigenvalue weighted by molar-refractivity contribution is -0.123. The Balaban J connectivity index is 2.97. The minimum absolute atomic E-state index is 0.0239. The molecule has 106 valence electrons. The summed E-state index contributed by atoms with van der Waals surface area (Å²) in [7, 11) is 0. The van der Waals surface area contributed by atoms with Crippen molar-refractivity contribution >= 4 is 23.2 Å². The molecule has 2 nitrogen and oxygen atoms in total. The molecule has 0 aromatic heterocycles. The summed E-state index contributed by atoms with van der Waals surface area (Å²) in [6.45, 7) is 9.05. The van der Waals surface area contributed by atoms with Gasteiger partial charge in [-0.15, -0.1) is 0 Å². The Morgan fingerprint density at radius 1 is 1.32 bits per heavy atom. The first-order valence-corrected chi connectivity index (χ1v) is 7.42. The Labute approximate surface area is 121 Å². The maximum atomic E-state index is 12.6. The number of rotatable bonds is 6. The SMILES string of the molecule is CCCCN(C(=O)C(C)C(C)C)c1cccc(Cl)c1. The molecule has 0 saturated heterocycles. The van der Waals surface area contributed by atoms with Crippen LogP contribution in [-0.2, 0) is 4.79 Å². The third kappa shape index (κ3) is 4.54. The van der Waals surface area contributed by atoms with Gasteiger partial charge in [0.25, 0.3) is 0 Å². The lowest BCUT2D eigenvalue weighted by Crippen LogP contribution is -2.37. The van der Waals surface area contributed by atoms with E-state index in [2.05, 4.69) is 20.8 Å². The summed E-state index contributed by atoms with van der Waals surface area (Å²) in [5.74, 6) is 0.553. The second-order valence-corrected chi connectivity index (χ2v) is 5.79. The molecule has 19 heavy (non-hydrogen) atoms. The number of amides is 1. The molecule has 0 radical (unpaired) electrons. The molecular formula is C16H24ClNO. The molecule has 1 unspecified atom stereocenters. The van der Waals surface area contributed by atoms with Gasteiger partial charge in [-0.05, 0) is 30.5 Å². The average molecular weight is 282 g/mol. The molecule has 3 heteroatoms. The summed E-state index contributed by atoms with van der Waals surface area (Å²) < 4.78 is 0. The van der Waals surface area contributed by atoms with Crippen LogP contribution in [0, 0.1) is 11.8 Å². The van der Waals surface area contributed by atoms with Crippen LogP contribution in [-0.4, -0.2) is 12.5 Å². The zero-order valence-corrected chi connectivity index (χ0v) is 13.1. The van der Waals surface area contributed by atoms with Crippen molar-refractivity contribution in [1.82, 2.24) is 0 Å². The number of unbranched alkanes of at least 4 members (excludes halogenated alkanes) is 1. The van der Waals surface area contributed by atoms with E-state index in [1.807, 2.05) is 36.1 Å². The van der Waals surface area contributed by atoms with Crippen molar-refractivity contribution in [3.8, 4) is 0 Å². The number of nitrogens with zero attached hydrogens (tertiary/aromatic N) is 1. The maximum Gasteiger partial charge on any atom is 0.230 e. The van der Waals surface area contributed by atoms with Crippen molar-refractivity contribution in [3.05, 3.63) is 29.3 Å². The summed E-state index contributed by atoms with van der Waals surface area (Å²) in [6, 6.07) is 7.54. The van der Waals surface area contributed by atoms with Gasteiger partial charge in [0, 0.05) is 23.2 Å². The van der Waals surface area contributed by atoms with Gasteiger partial charge in [-0.2, -0.15) is 0 Å². The number of hydrogen-bond donors (Lipinski definition) is 0. The van der Waals surface area contributed by atoms with E-state index < -0.39 is 0 Å². The van der Waals surface area contributed by atoms with Crippen LogP contribution in [0.25, 0.3) is 0 Å². The lowest BCUT2D eigenvalue weighted by Gasteiger charge is -2.27. The van der Waals surface area contributed by atoms with Gasteiger partial charge in [-0.1, -0.05) is 51.8 Å². The Kier molecular flexibility index (Phi) is 6.36. The summed E-state index contributed by atoms with van der Waals surface area (Å²) in [5, 5.41) is 0.670. The van der Waals surface area contributed by atoms with Crippen molar-refractivity contribution in [2.24, 2.45) is 11.8 Å². The van der Waals surface area contributed by atoms with E-state index in [4.69, 9.17) is 11.6 Å². The van der Waals surface area contributed by atoms with Crippen LogP contribution >= 0.6 is 11.6 Å². The molecule has 0 aliphatic carbocycles. The number of anilines is 1. The first-order valence-electron chi connectivity index (χ1n) is 7.04. The highest BCUT2D eigenvalue weighted by atomic mass is 35.5. The second-order valence-electron chi connectivity index (χ2n) is 5.36. The van der Waals surface area contributed by atoms with Crippen molar-refractivity contribution in [1.29, 1.82) is 0 Å². The van der Waals surface area contributed by atoms with Gasteiger partial charge >= 0.3 is 0 Å². The summed E-state index contributed by atoms with van der Waals surface area (Å²) in [6.07, 6.45) is 2.07. The fourth-order valence-electron chi connectivity index (χ4n) is 1.86. The highest BCUT2D eigenvalue weighted by Gasteiger charge is 2.23. The molecule has 0 bridgehead atoms. The molecule has 1 aromatic carbocycles. The summed E-state index contributed by atoms with van der Waals surface area (Å²) in [5.41, 5.74) is 0.901. The Morgan fingerprint density at radius 2 is 2.00 bits per heavy atom. The van der Waals surface area contributed by atoms with Gasteiger partial charge in [0.2, 0.25) is 5.91 Å². The van der Waals surface area contributed by atoms with E-state index in [-0.39, 0.29) is 11.8 Å². The first-order chi connectivity index (χ1) is 8.97. The van der Waals surface area contributed by atoms with E-state index in [0.717, 1.165) is 25.1 Å². The number of benzene rings is 1. The van der Waals surface area contributed by atoms with Crippen LogP contribution in [0.4, 0.5) is 5.69 Å². The molecule has 0 spiro atoms. The van der Waals surface area contributed by atoms with E-state index in [1.54, 1.807) is 0 Å². The van der Waals surface area contributed by atoms with Gasteiger partial charge in [-0.3, -0.25) is 4.79 Å². The quantitative estimate of drug-likeness (QED) is 0.736. The molecule has 1 aromatic rings. The standard InChI is InChI=1S/C16H24ClNO/c1-5-6-10-18(16(19)13(4)12(2)3)15-9-7-8-14(17)11-15/h7-9,11-13H,5-6,10H2,1-4H3. The molecule has 0 saturated carbocycles. The molecule has 0 aliphatic rings. The van der Waals surface area contributed by atoms with Crippen LogP contribution < -0.4 is 4.90 Å². The van der Waals surface area contributed by atoms with Crippen molar-refractivity contribution in [2.45, 2.75) is 40.5 Å².